The van der Waals surface area contributed by atoms with E-state index < -0.39 is 23.5 Å². The van der Waals surface area contributed by atoms with Gasteiger partial charge in [-0.1, -0.05) is 30.4 Å². The van der Waals surface area contributed by atoms with Crippen LogP contribution in [0.1, 0.15) is 24.2 Å². The number of nitrogens with one attached hydrogen (secondary N) is 1. The Morgan fingerprint density at radius 3 is 2.48 bits per heavy atom. The largest absolute Gasteiger partial charge is 0.421 e. The van der Waals surface area contributed by atoms with Gasteiger partial charge >= 0.3 is 6.18 Å². The molecule has 0 saturated heterocycles. The van der Waals surface area contributed by atoms with Crippen LogP contribution < -0.4 is 5.32 Å². The molecule has 8 heteroatoms. The van der Waals surface area contributed by atoms with Gasteiger partial charge in [0.1, 0.15) is 0 Å². The molecule has 0 aliphatic carbocycles. The molecule has 1 rings (SSSR count). The predicted octanol–water partition coefficient (Wildman–Crippen LogP) is 3.20. The standard InChI is InChI=1S/C17H19F3INO3/c1-11(23)10-12(16(2,25)17(18,19)20)6-5-9-22-15(24)13-7-3-4-8-14(13)21/h3-8,10-11,23,25H,9H2,1-2H3,(H,22,24)/b6-5-,12-10+. The molecule has 138 valence electrons. The number of aliphatic hydroxyl groups excluding tert-OH is 1. The minimum absolute atomic E-state index is 0.0328. The molecule has 4 nitrogen and oxygen atoms in total. The van der Waals surface area contributed by atoms with Crippen LogP contribution in [-0.4, -0.2) is 40.5 Å². The molecule has 1 amide bonds. The second kappa shape index (κ2) is 8.81. The van der Waals surface area contributed by atoms with E-state index in [9.17, 15) is 28.2 Å². The van der Waals surface area contributed by atoms with Crippen LogP contribution in [0.3, 0.4) is 0 Å². The molecule has 3 N–H and O–H groups in total. The van der Waals surface area contributed by atoms with E-state index >= 15 is 0 Å². The van der Waals surface area contributed by atoms with Gasteiger partial charge in [-0.15, -0.1) is 0 Å². The molecule has 2 unspecified atom stereocenters. The lowest BCUT2D eigenvalue weighted by molar-refractivity contribution is -0.235. The summed E-state index contributed by atoms with van der Waals surface area (Å²) in [5.74, 6) is -0.363. The zero-order valence-electron chi connectivity index (χ0n) is 13.6. The van der Waals surface area contributed by atoms with Crippen LogP contribution in [0.4, 0.5) is 13.2 Å². The average molecular weight is 469 g/mol. The third kappa shape index (κ3) is 6.12. The van der Waals surface area contributed by atoms with Crippen molar-refractivity contribution in [2.45, 2.75) is 31.7 Å². The fourth-order valence-electron chi connectivity index (χ4n) is 1.88. The van der Waals surface area contributed by atoms with E-state index in [1.54, 1.807) is 24.3 Å². The first-order valence-electron chi connectivity index (χ1n) is 7.35. The Hall–Kier alpha value is -1.39. The molecule has 2 atom stereocenters. The smallest absolute Gasteiger partial charge is 0.389 e. The number of rotatable bonds is 6. The van der Waals surface area contributed by atoms with Gasteiger partial charge in [0, 0.05) is 10.1 Å². The molecular weight excluding hydrogens is 450 g/mol. The number of hydrogen-bond acceptors (Lipinski definition) is 3. The number of carbonyl (C=O) groups is 1. The minimum atomic E-state index is -4.90. The number of aliphatic hydroxyl groups is 2. The summed E-state index contributed by atoms with van der Waals surface area (Å²) in [5, 5.41) is 21.6. The van der Waals surface area contributed by atoms with E-state index in [1.807, 2.05) is 22.6 Å². The van der Waals surface area contributed by atoms with Crippen LogP contribution in [0.5, 0.6) is 0 Å². The van der Waals surface area contributed by atoms with Crippen molar-refractivity contribution in [2.75, 3.05) is 6.54 Å². The summed E-state index contributed by atoms with van der Waals surface area (Å²) in [7, 11) is 0. The summed E-state index contributed by atoms with van der Waals surface area (Å²) >= 11 is 2.01. The van der Waals surface area contributed by atoms with Crippen molar-refractivity contribution in [3.8, 4) is 0 Å². The van der Waals surface area contributed by atoms with Crippen LogP contribution in [0.2, 0.25) is 0 Å². The molecule has 0 aliphatic rings. The first-order chi connectivity index (χ1) is 11.5. The van der Waals surface area contributed by atoms with Gasteiger partial charge in [-0.25, -0.2) is 0 Å². The van der Waals surface area contributed by atoms with Gasteiger partial charge in [0.05, 0.1) is 11.7 Å². The summed E-state index contributed by atoms with van der Waals surface area (Å²) in [6.45, 7) is 1.85. The Bertz CT molecular complexity index is 667. The molecule has 1 aromatic carbocycles. The molecule has 0 aromatic heterocycles. The lowest BCUT2D eigenvalue weighted by Gasteiger charge is -2.28. The highest BCUT2D eigenvalue weighted by atomic mass is 127. The molecule has 0 heterocycles. The second-order valence-electron chi connectivity index (χ2n) is 5.52. The van der Waals surface area contributed by atoms with Crippen LogP contribution in [0, 0.1) is 3.57 Å². The van der Waals surface area contributed by atoms with Gasteiger partial charge in [0.15, 0.2) is 5.60 Å². The molecule has 0 fully saturated rings. The molecule has 1 aromatic rings. The van der Waals surface area contributed by atoms with Gasteiger partial charge < -0.3 is 15.5 Å². The van der Waals surface area contributed by atoms with Crippen molar-refractivity contribution in [1.29, 1.82) is 0 Å². The monoisotopic (exact) mass is 469 g/mol. The lowest BCUT2D eigenvalue weighted by atomic mass is 9.93. The molecule has 0 spiro atoms. The van der Waals surface area contributed by atoms with Crippen molar-refractivity contribution in [3.05, 3.63) is 57.2 Å². The van der Waals surface area contributed by atoms with E-state index in [-0.39, 0.29) is 12.5 Å². The minimum Gasteiger partial charge on any atom is -0.389 e. The fourth-order valence-corrected chi connectivity index (χ4v) is 2.51. The highest BCUT2D eigenvalue weighted by molar-refractivity contribution is 14.1. The number of benzene rings is 1. The quantitative estimate of drug-likeness (QED) is 0.443. The van der Waals surface area contributed by atoms with E-state index in [2.05, 4.69) is 5.32 Å². The summed E-state index contributed by atoms with van der Waals surface area (Å²) < 4.78 is 39.6. The van der Waals surface area contributed by atoms with Gasteiger partial charge in [0.2, 0.25) is 0 Å². The van der Waals surface area contributed by atoms with Gasteiger partial charge in [-0.2, -0.15) is 13.2 Å². The van der Waals surface area contributed by atoms with Gasteiger partial charge in [-0.3, -0.25) is 4.79 Å². The average Bonchev–Trinajstić information content (AvgIpc) is 2.48. The first-order valence-corrected chi connectivity index (χ1v) is 8.43. The van der Waals surface area contributed by atoms with Crippen molar-refractivity contribution in [3.63, 3.8) is 0 Å². The van der Waals surface area contributed by atoms with Gasteiger partial charge in [-0.05, 0) is 54.1 Å². The van der Waals surface area contributed by atoms with E-state index in [0.29, 0.717) is 12.5 Å². The molecule has 25 heavy (non-hydrogen) atoms. The second-order valence-corrected chi connectivity index (χ2v) is 6.69. The Balaban J connectivity index is 2.83. The molecule has 0 aliphatic heterocycles. The summed E-state index contributed by atoms with van der Waals surface area (Å²) in [6, 6.07) is 6.88. The number of alkyl halides is 3. The number of halogens is 4. The van der Waals surface area contributed by atoms with Crippen LogP contribution in [0.25, 0.3) is 0 Å². The third-order valence-electron chi connectivity index (χ3n) is 3.33. The maximum atomic E-state index is 13.0. The molecule has 0 radical (unpaired) electrons. The Morgan fingerprint density at radius 1 is 1.36 bits per heavy atom. The number of hydrogen-bond donors (Lipinski definition) is 3. The zero-order valence-corrected chi connectivity index (χ0v) is 15.8. The van der Waals surface area contributed by atoms with Crippen LogP contribution in [-0.2, 0) is 0 Å². The maximum absolute atomic E-state index is 13.0. The third-order valence-corrected chi connectivity index (χ3v) is 4.27. The van der Waals surface area contributed by atoms with Crippen molar-refractivity contribution in [1.82, 2.24) is 5.32 Å². The Morgan fingerprint density at radius 2 is 1.96 bits per heavy atom. The maximum Gasteiger partial charge on any atom is 0.421 e. The summed E-state index contributed by atoms with van der Waals surface area (Å²) in [5.41, 5.74) is -3.16. The molecular formula is C17H19F3INO3. The highest BCUT2D eigenvalue weighted by Crippen LogP contribution is 2.36. The summed E-state index contributed by atoms with van der Waals surface area (Å²) in [4.78, 5) is 12.0. The zero-order chi connectivity index (χ0) is 19.3. The highest BCUT2D eigenvalue weighted by Gasteiger charge is 2.51. The van der Waals surface area contributed by atoms with Crippen LogP contribution >= 0.6 is 22.6 Å². The van der Waals surface area contributed by atoms with E-state index in [1.165, 1.54) is 13.0 Å². The summed E-state index contributed by atoms with van der Waals surface area (Å²) in [6.07, 6.45) is -2.85. The van der Waals surface area contributed by atoms with Crippen molar-refractivity contribution in [2.24, 2.45) is 0 Å². The molecule has 0 saturated carbocycles. The fraction of sp³-hybridized carbons (Fsp3) is 0.353. The van der Waals surface area contributed by atoms with Crippen molar-refractivity contribution < 1.29 is 28.2 Å². The topological polar surface area (TPSA) is 69.6 Å². The number of carbonyl (C=O) groups excluding carboxylic acids is 1. The van der Waals surface area contributed by atoms with E-state index in [4.69, 9.17) is 0 Å². The van der Waals surface area contributed by atoms with E-state index in [0.717, 1.165) is 15.7 Å². The lowest BCUT2D eigenvalue weighted by Crippen LogP contribution is -2.43. The Labute approximate surface area is 157 Å². The SMILES string of the molecule is CC(O)/C=C(\C=C/CNC(=O)c1ccccc1I)C(C)(O)C(F)(F)F. The van der Waals surface area contributed by atoms with Crippen molar-refractivity contribution >= 4 is 28.5 Å². The number of amides is 1. The first kappa shape index (κ1) is 21.7. The Kier molecular flexibility index (Phi) is 7.63. The van der Waals surface area contributed by atoms with Gasteiger partial charge in [0.25, 0.3) is 5.91 Å². The van der Waals surface area contributed by atoms with Crippen LogP contribution in [0.15, 0.2) is 48.1 Å². The normalized spacial score (nSPS) is 16.6. The predicted molar refractivity (Wildman–Crippen MR) is 97.1 cm³/mol. The molecule has 0 bridgehead atoms.